The second-order valence-electron chi connectivity index (χ2n) is 5.12. The van der Waals surface area contributed by atoms with E-state index in [0.29, 0.717) is 16.9 Å². The summed E-state index contributed by atoms with van der Waals surface area (Å²) in [6.45, 7) is 5.55. The van der Waals surface area contributed by atoms with Crippen LogP contribution in [0.2, 0.25) is 0 Å². The van der Waals surface area contributed by atoms with E-state index in [2.05, 4.69) is 0 Å². The van der Waals surface area contributed by atoms with Crippen molar-refractivity contribution in [1.29, 1.82) is 0 Å². The fourth-order valence-electron chi connectivity index (χ4n) is 2.09. The van der Waals surface area contributed by atoms with Gasteiger partial charge in [-0.15, -0.1) is 0 Å². The molecule has 0 aromatic heterocycles. The standard InChI is InChI=1S/C17H19FO2/c1-11(2)20-14-8-5-7-13(10-14)17(19)15-9-4-6-12(3)16(15)18/h4-11,17,19H,1-3H3. The van der Waals surface area contributed by atoms with Crippen molar-refractivity contribution in [2.75, 3.05) is 0 Å². The van der Waals surface area contributed by atoms with Gasteiger partial charge in [0, 0.05) is 5.56 Å². The topological polar surface area (TPSA) is 29.5 Å². The van der Waals surface area contributed by atoms with Crippen LogP contribution in [0.15, 0.2) is 42.5 Å². The van der Waals surface area contributed by atoms with Crippen LogP contribution in [-0.2, 0) is 0 Å². The van der Waals surface area contributed by atoms with Crippen LogP contribution in [-0.4, -0.2) is 11.2 Å². The number of aliphatic hydroxyl groups is 1. The van der Waals surface area contributed by atoms with Crippen LogP contribution in [0.25, 0.3) is 0 Å². The zero-order chi connectivity index (χ0) is 14.7. The van der Waals surface area contributed by atoms with Gasteiger partial charge >= 0.3 is 0 Å². The lowest BCUT2D eigenvalue weighted by molar-refractivity contribution is 0.211. The van der Waals surface area contributed by atoms with Crippen molar-refractivity contribution in [1.82, 2.24) is 0 Å². The van der Waals surface area contributed by atoms with Gasteiger partial charge < -0.3 is 9.84 Å². The Morgan fingerprint density at radius 3 is 2.50 bits per heavy atom. The molecule has 2 aromatic carbocycles. The molecular formula is C17H19FO2. The summed E-state index contributed by atoms with van der Waals surface area (Å²) in [4.78, 5) is 0. The molecule has 106 valence electrons. The number of halogens is 1. The fourth-order valence-corrected chi connectivity index (χ4v) is 2.09. The van der Waals surface area contributed by atoms with E-state index in [0.717, 1.165) is 0 Å². The van der Waals surface area contributed by atoms with Crippen molar-refractivity contribution in [3.05, 3.63) is 65.0 Å². The van der Waals surface area contributed by atoms with E-state index in [-0.39, 0.29) is 17.5 Å². The van der Waals surface area contributed by atoms with Gasteiger partial charge in [-0.2, -0.15) is 0 Å². The number of benzene rings is 2. The Hall–Kier alpha value is -1.87. The zero-order valence-corrected chi connectivity index (χ0v) is 11.9. The lowest BCUT2D eigenvalue weighted by atomic mass is 9.99. The van der Waals surface area contributed by atoms with E-state index in [1.54, 1.807) is 43.3 Å². The molecule has 0 aliphatic carbocycles. The fraction of sp³-hybridized carbons (Fsp3) is 0.294. The second kappa shape index (κ2) is 6.06. The van der Waals surface area contributed by atoms with Crippen LogP contribution in [0.4, 0.5) is 4.39 Å². The van der Waals surface area contributed by atoms with Gasteiger partial charge in [-0.1, -0.05) is 30.3 Å². The summed E-state index contributed by atoms with van der Waals surface area (Å²) in [5, 5.41) is 10.4. The molecule has 1 unspecified atom stereocenters. The van der Waals surface area contributed by atoms with Gasteiger partial charge in [-0.25, -0.2) is 4.39 Å². The molecule has 20 heavy (non-hydrogen) atoms. The first-order valence-electron chi connectivity index (χ1n) is 6.68. The lowest BCUT2D eigenvalue weighted by Gasteiger charge is -2.16. The highest BCUT2D eigenvalue weighted by Gasteiger charge is 2.16. The third kappa shape index (κ3) is 3.17. The predicted molar refractivity (Wildman–Crippen MR) is 77.4 cm³/mol. The lowest BCUT2D eigenvalue weighted by Crippen LogP contribution is -2.07. The third-order valence-corrected chi connectivity index (χ3v) is 3.06. The van der Waals surface area contributed by atoms with Gasteiger partial charge in [-0.3, -0.25) is 0 Å². The van der Waals surface area contributed by atoms with E-state index in [9.17, 15) is 9.50 Å². The minimum Gasteiger partial charge on any atom is -0.491 e. The molecule has 0 aliphatic heterocycles. The SMILES string of the molecule is Cc1cccc(C(O)c2cccc(OC(C)C)c2)c1F. The summed E-state index contributed by atoms with van der Waals surface area (Å²) in [5.41, 5.74) is 1.43. The van der Waals surface area contributed by atoms with Gasteiger partial charge in [0.2, 0.25) is 0 Å². The number of hydrogen-bond donors (Lipinski definition) is 1. The normalized spacial score (nSPS) is 12.5. The van der Waals surface area contributed by atoms with Crippen LogP contribution in [0.3, 0.4) is 0 Å². The average molecular weight is 274 g/mol. The highest BCUT2D eigenvalue weighted by Crippen LogP contribution is 2.28. The van der Waals surface area contributed by atoms with Crippen molar-refractivity contribution in [2.45, 2.75) is 33.0 Å². The molecule has 2 nitrogen and oxygen atoms in total. The first-order valence-corrected chi connectivity index (χ1v) is 6.68. The molecule has 0 spiro atoms. The smallest absolute Gasteiger partial charge is 0.132 e. The summed E-state index contributed by atoms with van der Waals surface area (Å²) in [7, 11) is 0. The molecule has 0 fully saturated rings. The molecule has 0 radical (unpaired) electrons. The van der Waals surface area contributed by atoms with E-state index >= 15 is 0 Å². The van der Waals surface area contributed by atoms with Gasteiger partial charge in [-0.05, 0) is 44.0 Å². The molecule has 2 aromatic rings. The summed E-state index contributed by atoms with van der Waals surface area (Å²) in [6, 6.07) is 12.1. The van der Waals surface area contributed by atoms with Crippen LogP contribution in [0, 0.1) is 12.7 Å². The van der Waals surface area contributed by atoms with Crippen molar-refractivity contribution >= 4 is 0 Å². The van der Waals surface area contributed by atoms with E-state index in [4.69, 9.17) is 4.74 Å². The molecule has 1 N–H and O–H groups in total. The minimum atomic E-state index is -0.995. The second-order valence-corrected chi connectivity index (χ2v) is 5.12. The number of aryl methyl sites for hydroxylation is 1. The maximum atomic E-state index is 14.1. The summed E-state index contributed by atoms with van der Waals surface area (Å²) in [5.74, 6) is 0.305. The Balaban J connectivity index is 2.33. The first kappa shape index (κ1) is 14.5. The van der Waals surface area contributed by atoms with Gasteiger partial charge in [0.05, 0.1) is 6.10 Å². The summed E-state index contributed by atoms with van der Waals surface area (Å²) in [6.07, 6.45) is -0.941. The molecule has 0 heterocycles. The predicted octanol–water partition coefficient (Wildman–Crippen LogP) is 4.00. The average Bonchev–Trinajstić information content (AvgIpc) is 2.41. The molecule has 2 rings (SSSR count). The molecule has 1 atom stereocenters. The highest BCUT2D eigenvalue weighted by molar-refractivity contribution is 5.37. The van der Waals surface area contributed by atoms with E-state index in [1.165, 1.54) is 0 Å². The maximum absolute atomic E-state index is 14.1. The van der Waals surface area contributed by atoms with Gasteiger partial charge in [0.25, 0.3) is 0 Å². The number of aliphatic hydroxyl groups excluding tert-OH is 1. The van der Waals surface area contributed by atoms with Gasteiger partial charge in [0.15, 0.2) is 0 Å². The Morgan fingerprint density at radius 2 is 1.80 bits per heavy atom. The van der Waals surface area contributed by atoms with Crippen LogP contribution < -0.4 is 4.74 Å². The Labute approximate surface area is 118 Å². The zero-order valence-electron chi connectivity index (χ0n) is 11.9. The van der Waals surface area contributed by atoms with Gasteiger partial charge in [0.1, 0.15) is 17.7 Å². The Kier molecular flexibility index (Phi) is 4.40. The Morgan fingerprint density at radius 1 is 1.10 bits per heavy atom. The summed E-state index contributed by atoms with van der Waals surface area (Å²) < 4.78 is 19.6. The van der Waals surface area contributed by atoms with Crippen LogP contribution in [0.5, 0.6) is 5.75 Å². The Bertz CT molecular complexity index is 593. The van der Waals surface area contributed by atoms with Crippen LogP contribution >= 0.6 is 0 Å². The van der Waals surface area contributed by atoms with Crippen molar-refractivity contribution in [3.63, 3.8) is 0 Å². The van der Waals surface area contributed by atoms with Crippen molar-refractivity contribution < 1.29 is 14.2 Å². The largest absolute Gasteiger partial charge is 0.491 e. The molecule has 0 saturated heterocycles. The highest BCUT2D eigenvalue weighted by atomic mass is 19.1. The number of ether oxygens (including phenoxy) is 1. The van der Waals surface area contributed by atoms with E-state index in [1.807, 2.05) is 19.9 Å². The van der Waals surface area contributed by atoms with E-state index < -0.39 is 6.10 Å². The van der Waals surface area contributed by atoms with Crippen molar-refractivity contribution in [3.8, 4) is 5.75 Å². The molecule has 0 bridgehead atoms. The quantitative estimate of drug-likeness (QED) is 0.913. The number of rotatable bonds is 4. The van der Waals surface area contributed by atoms with Crippen LogP contribution in [0.1, 0.15) is 36.6 Å². The monoisotopic (exact) mass is 274 g/mol. The minimum absolute atomic E-state index is 0.0538. The van der Waals surface area contributed by atoms with Crippen molar-refractivity contribution in [2.24, 2.45) is 0 Å². The molecule has 3 heteroatoms. The molecule has 0 saturated carbocycles. The third-order valence-electron chi connectivity index (χ3n) is 3.06. The molecular weight excluding hydrogens is 255 g/mol. The summed E-state index contributed by atoms with van der Waals surface area (Å²) >= 11 is 0. The molecule has 0 amide bonds. The molecule has 0 aliphatic rings. The number of hydrogen-bond acceptors (Lipinski definition) is 2. The maximum Gasteiger partial charge on any atom is 0.132 e. The first-order chi connectivity index (χ1) is 9.49.